The molecular formula is C16H23NO2. The van der Waals surface area contributed by atoms with Crippen LogP contribution in [0.4, 0.5) is 0 Å². The van der Waals surface area contributed by atoms with E-state index >= 15 is 0 Å². The molecule has 0 spiro atoms. The molecule has 19 heavy (non-hydrogen) atoms. The van der Waals surface area contributed by atoms with Gasteiger partial charge in [-0.3, -0.25) is 4.79 Å². The quantitative estimate of drug-likeness (QED) is 0.833. The van der Waals surface area contributed by atoms with Crippen molar-refractivity contribution < 1.29 is 9.53 Å². The lowest BCUT2D eigenvalue weighted by atomic mass is 10.0. The van der Waals surface area contributed by atoms with E-state index < -0.39 is 0 Å². The number of unbranched alkanes of at least 4 members (excludes halogenated alkanes) is 1. The normalized spacial score (nSPS) is 19.5. The molecule has 1 heterocycles. The lowest BCUT2D eigenvalue weighted by Crippen LogP contribution is -2.42. The Bertz CT molecular complexity index is 431. The van der Waals surface area contributed by atoms with Gasteiger partial charge < -0.3 is 9.64 Å². The molecule has 3 nitrogen and oxygen atoms in total. The van der Waals surface area contributed by atoms with E-state index in [4.69, 9.17) is 4.74 Å². The van der Waals surface area contributed by atoms with Crippen molar-refractivity contribution in [2.75, 3.05) is 19.7 Å². The molecule has 1 atom stereocenters. The Morgan fingerprint density at radius 1 is 1.42 bits per heavy atom. The van der Waals surface area contributed by atoms with E-state index in [1.807, 2.05) is 17.0 Å². The molecule has 1 aromatic carbocycles. The van der Waals surface area contributed by atoms with E-state index in [9.17, 15) is 4.79 Å². The monoisotopic (exact) mass is 261 g/mol. The number of rotatable bonds is 4. The predicted molar refractivity (Wildman–Crippen MR) is 76.0 cm³/mol. The van der Waals surface area contributed by atoms with Crippen LogP contribution in [-0.4, -0.2) is 30.5 Å². The number of nitrogens with zero attached hydrogens (tertiary/aromatic N) is 1. The minimum Gasteiger partial charge on any atom is -0.370 e. The van der Waals surface area contributed by atoms with Crippen LogP contribution in [-0.2, 0) is 9.53 Å². The third-order valence-electron chi connectivity index (χ3n) is 3.70. The maximum atomic E-state index is 12.1. The van der Waals surface area contributed by atoms with Crippen LogP contribution >= 0.6 is 0 Å². The summed E-state index contributed by atoms with van der Waals surface area (Å²) in [4.78, 5) is 14.0. The number of hydrogen-bond acceptors (Lipinski definition) is 2. The summed E-state index contributed by atoms with van der Waals surface area (Å²) in [6.45, 7) is 6.26. The van der Waals surface area contributed by atoms with Gasteiger partial charge in [-0.1, -0.05) is 37.6 Å². The molecule has 1 saturated heterocycles. The number of aryl methyl sites for hydroxylation is 1. The fraction of sp³-hybridized carbons (Fsp3) is 0.562. The van der Waals surface area contributed by atoms with Crippen LogP contribution in [0.2, 0.25) is 0 Å². The molecule has 1 aliphatic heterocycles. The number of carbonyl (C=O) groups excluding carboxylic acids is 1. The molecule has 1 unspecified atom stereocenters. The van der Waals surface area contributed by atoms with Crippen LogP contribution in [0.15, 0.2) is 24.3 Å². The largest absolute Gasteiger partial charge is 0.370 e. The maximum absolute atomic E-state index is 12.1. The van der Waals surface area contributed by atoms with Gasteiger partial charge in [0, 0.05) is 13.0 Å². The Labute approximate surface area is 115 Å². The molecule has 0 aromatic heterocycles. The van der Waals surface area contributed by atoms with E-state index in [0.717, 1.165) is 19.4 Å². The first-order valence-corrected chi connectivity index (χ1v) is 7.17. The minimum atomic E-state index is 0.0283. The number of benzene rings is 1. The van der Waals surface area contributed by atoms with Gasteiger partial charge in [0.15, 0.2) is 0 Å². The van der Waals surface area contributed by atoms with Gasteiger partial charge >= 0.3 is 0 Å². The van der Waals surface area contributed by atoms with E-state index in [-0.39, 0.29) is 12.0 Å². The fourth-order valence-electron chi connectivity index (χ4n) is 2.50. The Morgan fingerprint density at radius 3 is 2.95 bits per heavy atom. The van der Waals surface area contributed by atoms with Crippen LogP contribution in [0.3, 0.4) is 0 Å². The van der Waals surface area contributed by atoms with E-state index in [2.05, 4.69) is 26.0 Å². The number of amides is 1. The van der Waals surface area contributed by atoms with Gasteiger partial charge in [0.05, 0.1) is 13.2 Å². The number of carbonyl (C=O) groups is 1. The highest BCUT2D eigenvalue weighted by atomic mass is 16.5. The highest BCUT2D eigenvalue weighted by molar-refractivity contribution is 5.76. The molecular weight excluding hydrogens is 238 g/mol. The van der Waals surface area contributed by atoms with Crippen molar-refractivity contribution in [2.45, 2.75) is 39.2 Å². The van der Waals surface area contributed by atoms with Crippen LogP contribution in [0, 0.1) is 6.92 Å². The molecule has 104 valence electrons. The number of ether oxygens (including phenoxy) is 1. The molecule has 0 aliphatic carbocycles. The van der Waals surface area contributed by atoms with E-state index in [1.54, 1.807) is 0 Å². The molecule has 1 aliphatic rings. The zero-order chi connectivity index (χ0) is 13.7. The Balaban J connectivity index is 2.01. The Hall–Kier alpha value is -1.35. The third kappa shape index (κ3) is 3.57. The van der Waals surface area contributed by atoms with Crippen molar-refractivity contribution >= 4 is 5.91 Å². The van der Waals surface area contributed by atoms with Crippen LogP contribution in [0.5, 0.6) is 0 Å². The molecule has 0 bridgehead atoms. The second-order valence-corrected chi connectivity index (χ2v) is 5.16. The van der Waals surface area contributed by atoms with Gasteiger partial charge in [-0.25, -0.2) is 0 Å². The Morgan fingerprint density at radius 2 is 2.21 bits per heavy atom. The average Bonchev–Trinajstić information content (AvgIpc) is 2.45. The van der Waals surface area contributed by atoms with Crippen LogP contribution in [0.1, 0.15) is 43.4 Å². The summed E-state index contributed by atoms with van der Waals surface area (Å²) in [6, 6.07) is 8.26. The molecule has 3 heteroatoms. The van der Waals surface area contributed by atoms with Gasteiger partial charge in [-0.2, -0.15) is 0 Å². The molecule has 0 radical (unpaired) electrons. The molecule has 1 aromatic rings. The number of morpholine rings is 1. The summed E-state index contributed by atoms with van der Waals surface area (Å²) >= 11 is 0. The first-order chi connectivity index (χ1) is 9.22. The van der Waals surface area contributed by atoms with E-state index in [0.29, 0.717) is 19.6 Å². The summed E-state index contributed by atoms with van der Waals surface area (Å²) in [6.07, 6.45) is 2.74. The zero-order valence-corrected chi connectivity index (χ0v) is 11.9. The SMILES string of the molecule is CCCCC(=O)N1CCOC(c2ccccc2C)C1. The Kier molecular flexibility index (Phi) is 4.97. The second kappa shape index (κ2) is 6.71. The highest BCUT2D eigenvalue weighted by Crippen LogP contribution is 2.25. The lowest BCUT2D eigenvalue weighted by Gasteiger charge is -2.34. The summed E-state index contributed by atoms with van der Waals surface area (Å²) in [5, 5.41) is 0. The molecule has 1 amide bonds. The predicted octanol–water partition coefficient (Wildman–Crippen LogP) is 3.09. The minimum absolute atomic E-state index is 0.0283. The highest BCUT2D eigenvalue weighted by Gasteiger charge is 2.25. The van der Waals surface area contributed by atoms with E-state index in [1.165, 1.54) is 11.1 Å². The van der Waals surface area contributed by atoms with Gasteiger partial charge in [-0.05, 0) is 24.5 Å². The molecule has 2 rings (SSSR count). The van der Waals surface area contributed by atoms with Crippen molar-refractivity contribution in [3.63, 3.8) is 0 Å². The fourth-order valence-corrected chi connectivity index (χ4v) is 2.50. The molecule has 0 N–H and O–H groups in total. The van der Waals surface area contributed by atoms with Crippen molar-refractivity contribution in [1.29, 1.82) is 0 Å². The van der Waals surface area contributed by atoms with Gasteiger partial charge in [0.25, 0.3) is 0 Å². The van der Waals surface area contributed by atoms with Gasteiger partial charge in [-0.15, -0.1) is 0 Å². The van der Waals surface area contributed by atoms with Crippen LogP contribution < -0.4 is 0 Å². The standard InChI is InChI=1S/C16H23NO2/c1-3-4-9-16(18)17-10-11-19-15(12-17)14-8-6-5-7-13(14)2/h5-8,15H,3-4,9-12H2,1-2H3. The molecule has 0 saturated carbocycles. The van der Waals surface area contributed by atoms with Crippen LogP contribution in [0.25, 0.3) is 0 Å². The second-order valence-electron chi connectivity index (χ2n) is 5.16. The van der Waals surface area contributed by atoms with Gasteiger partial charge in [0.1, 0.15) is 6.10 Å². The summed E-state index contributed by atoms with van der Waals surface area (Å²) < 4.78 is 5.84. The van der Waals surface area contributed by atoms with Crippen molar-refractivity contribution in [3.8, 4) is 0 Å². The third-order valence-corrected chi connectivity index (χ3v) is 3.70. The summed E-state index contributed by atoms with van der Waals surface area (Å²) in [5.41, 5.74) is 2.44. The average molecular weight is 261 g/mol. The van der Waals surface area contributed by atoms with Crippen molar-refractivity contribution in [2.24, 2.45) is 0 Å². The summed E-state index contributed by atoms with van der Waals surface area (Å²) in [5.74, 6) is 0.267. The smallest absolute Gasteiger partial charge is 0.222 e. The zero-order valence-electron chi connectivity index (χ0n) is 11.9. The number of hydrogen-bond donors (Lipinski definition) is 0. The van der Waals surface area contributed by atoms with Crippen molar-refractivity contribution in [3.05, 3.63) is 35.4 Å². The molecule has 1 fully saturated rings. The first-order valence-electron chi connectivity index (χ1n) is 7.17. The summed E-state index contributed by atoms with van der Waals surface area (Å²) in [7, 11) is 0. The lowest BCUT2D eigenvalue weighted by molar-refractivity contribution is -0.139. The van der Waals surface area contributed by atoms with Gasteiger partial charge in [0.2, 0.25) is 5.91 Å². The first kappa shape index (κ1) is 14.1. The maximum Gasteiger partial charge on any atom is 0.222 e. The van der Waals surface area contributed by atoms with Crippen molar-refractivity contribution in [1.82, 2.24) is 4.90 Å². The topological polar surface area (TPSA) is 29.5 Å².